The molecule has 0 aromatic carbocycles. The predicted octanol–water partition coefficient (Wildman–Crippen LogP) is 3.62. The van der Waals surface area contributed by atoms with Crippen LogP contribution in [0.1, 0.15) is 12.7 Å². The second-order valence-electron chi connectivity index (χ2n) is 3.82. The van der Waals surface area contributed by atoms with Crippen LogP contribution in [0.2, 0.25) is 0 Å². The third kappa shape index (κ3) is 3.32. The Balaban J connectivity index is 2.50. The smallest absolute Gasteiger partial charge is 0.449 e. The number of pyridine rings is 1. The molecule has 20 heavy (non-hydrogen) atoms. The predicted molar refractivity (Wildman–Crippen MR) is 68.8 cm³/mol. The molecule has 0 amide bonds. The summed E-state index contributed by atoms with van der Waals surface area (Å²) in [6.45, 7) is 2.24. The van der Waals surface area contributed by atoms with Crippen LogP contribution in [0.3, 0.4) is 0 Å². The summed E-state index contributed by atoms with van der Waals surface area (Å²) >= 11 is 4.76. The highest BCUT2D eigenvalue weighted by Gasteiger charge is 2.34. The van der Waals surface area contributed by atoms with Gasteiger partial charge in [0.1, 0.15) is 10.4 Å². The van der Waals surface area contributed by atoms with Gasteiger partial charge in [0.2, 0.25) is 5.82 Å². The molecule has 106 valence electrons. The van der Waals surface area contributed by atoms with Crippen molar-refractivity contribution in [3.63, 3.8) is 0 Å². The van der Waals surface area contributed by atoms with E-state index in [9.17, 15) is 13.2 Å². The Labute approximate surface area is 117 Å². The molecule has 0 saturated heterocycles. The fraction of sp³-hybridized carbons (Fsp3) is 0.250. The molecule has 0 aliphatic carbocycles. The van der Waals surface area contributed by atoms with Gasteiger partial charge in [-0.25, -0.2) is 4.98 Å². The van der Waals surface area contributed by atoms with Gasteiger partial charge in [-0.05, 0) is 19.1 Å². The van der Waals surface area contributed by atoms with E-state index < -0.39 is 12.0 Å². The van der Waals surface area contributed by atoms with Crippen LogP contribution < -0.4 is 4.74 Å². The van der Waals surface area contributed by atoms with Crippen molar-refractivity contribution in [2.75, 3.05) is 6.61 Å². The van der Waals surface area contributed by atoms with E-state index in [0.29, 0.717) is 17.9 Å². The van der Waals surface area contributed by atoms with Gasteiger partial charge in [0.05, 0.1) is 18.5 Å². The number of ether oxygens (including phenoxy) is 1. The number of hydrogen-bond donors (Lipinski definition) is 1. The second kappa shape index (κ2) is 5.58. The van der Waals surface area contributed by atoms with Crippen molar-refractivity contribution in [3.05, 3.63) is 35.0 Å². The number of rotatable bonds is 3. The number of hydrogen-bond acceptors (Lipinski definition) is 4. The van der Waals surface area contributed by atoms with Crippen LogP contribution in [-0.2, 0) is 6.18 Å². The average Bonchev–Trinajstić information content (AvgIpc) is 2.38. The van der Waals surface area contributed by atoms with Crippen LogP contribution in [0, 0.1) is 4.64 Å². The normalized spacial score (nSPS) is 11.4. The number of nitrogens with one attached hydrogen (secondary N) is 1. The van der Waals surface area contributed by atoms with Crippen LogP contribution in [0.5, 0.6) is 5.75 Å². The molecular weight excluding hydrogens is 291 g/mol. The lowest BCUT2D eigenvalue weighted by Gasteiger charge is -2.09. The monoisotopic (exact) mass is 301 g/mol. The highest BCUT2D eigenvalue weighted by atomic mass is 32.1. The molecule has 0 atom stereocenters. The largest absolute Gasteiger partial charge is 0.492 e. The number of nitrogens with zero attached hydrogens (tertiary/aromatic N) is 2. The molecule has 0 saturated carbocycles. The van der Waals surface area contributed by atoms with Crippen molar-refractivity contribution >= 4 is 12.2 Å². The third-order valence-corrected chi connectivity index (χ3v) is 2.56. The SMILES string of the molecule is CCOc1cncc(-c2cc(=S)nc(C(F)(F)F)[nH]2)c1. The summed E-state index contributed by atoms with van der Waals surface area (Å²) in [4.78, 5) is 9.40. The molecule has 2 aromatic heterocycles. The highest BCUT2D eigenvalue weighted by molar-refractivity contribution is 7.71. The van der Waals surface area contributed by atoms with Gasteiger partial charge in [0.15, 0.2) is 0 Å². The summed E-state index contributed by atoms with van der Waals surface area (Å²) in [5, 5.41) is 0. The molecule has 0 bridgehead atoms. The quantitative estimate of drug-likeness (QED) is 0.880. The molecule has 2 heterocycles. The number of aromatic amines is 1. The van der Waals surface area contributed by atoms with E-state index >= 15 is 0 Å². The van der Waals surface area contributed by atoms with Crippen molar-refractivity contribution in [3.8, 4) is 17.0 Å². The van der Waals surface area contributed by atoms with Gasteiger partial charge < -0.3 is 9.72 Å². The van der Waals surface area contributed by atoms with Gasteiger partial charge >= 0.3 is 6.18 Å². The summed E-state index contributed by atoms with van der Waals surface area (Å²) in [5.74, 6) is -0.670. The molecular formula is C12H10F3N3OS. The Morgan fingerprint density at radius 2 is 2.05 bits per heavy atom. The molecule has 2 aromatic rings. The highest BCUT2D eigenvalue weighted by Crippen LogP contribution is 2.28. The Morgan fingerprint density at radius 1 is 1.30 bits per heavy atom. The van der Waals surface area contributed by atoms with E-state index in [-0.39, 0.29) is 10.3 Å². The first-order chi connectivity index (χ1) is 9.40. The van der Waals surface area contributed by atoms with Crippen molar-refractivity contribution < 1.29 is 17.9 Å². The molecule has 0 radical (unpaired) electrons. The van der Waals surface area contributed by atoms with E-state index in [4.69, 9.17) is 17.0 Å². The fourth-order valence-corrected chi connectivity index (χ4v) is 1.77. The second-order valence-corrected chi connectivity index (χ2v) is 4.24. The van der Waals surface area contributed by atoms with Crippen molar-refractivity contribution in [1.82, 2.24) is 15.0 Å². The fourth-order valence-electron chi connectivity index (χ4n) is 1.56. The zero-order valence-corrected chi connectivity index (χ0v) is 11.2. The van der Waals surface area contributed by atoms with Gasteiger partial charge in [-0.1, -0.05) is 12.2 Å². The van der Waals surface area contributed by atoms with Crippen LogP contribution in [0.25, 0.3) is 11.3 Å². The lowest BCUT2D eigenvalue weighted by molar-refractivity contribution is -0.144. The summed E-state index contributed by atoms with van der Waals surface area (Å²) in [6, 6.07) is 2.93. The molecule has 0 fully saturated rings. The molecule has 0 aliphatic rings. The molecule has 2 rings (SSSR count). The summed E-state index contributed by atoms with van der Waals surface area (Å²) in [5.41, 5.74) is 0.626. The zero-order valence-electron chi connectivity index (χ0n) is 10.4. The van der Waals surface area contributed by atoms with E-state index in [0.717, 1.165) is 0 Å². The van der Waals surface area contributed by atoms with Gasteiger partial charge in [0, 0.05) is 11.8 Å². The van der Waals surface area contributed by atoms with E-state index in [2.05, 4.69) is 15.0 Å². The van der Waals surface area contributed by atoms with Crippen molar-refractivity contribution in [2.45, 2.75) is 13.1 Å². The molecule has 4 nitrogen and oxygen atoms in total. The van der Waals surface area contributed by atoms with Crippen molar-refractivity contribution in [1.29, 1.82) is 0 Å². The van der Waals surface area contributed by atoms with Crippen LogP contribution in [0.4, 0.5) is 13.2 Å². The summed E-state index contributed by atoms with van der Waals surface area (Å²) < 4.78 is 43.2. The van der Waals surface area contributed by atoms with Crippen LogP contribution in [-0.4, -0.2) is 21.6 Å². The standard InChI is InChI=1S/C12H10F3N3OS/c1-2-19-8-3-7(5-16-6-8)9-4-10(20)18-11(17-9)12(13,14)15/h3-6H,2H2,1H3,(H,17,18,20). The zero-order chi connectivity index (χ0) is 14.8. The van der Waals surface area contributed by atoms with Gasteiger partial charge in [-0.2, -0.15) is 13.2 Å². The first kappa shape index (κ1) is 14.4. The maximum absolute atomic E-state index is 12.7. The van der Waals surface area contributed by atoms with Gasteiger partial charge in [0.25, 0.3) is 0 Å². The lowest BCUT2D eigenvalue weighted by Crippen LogP contribution is -2.11. The Bertz CT molecular complexity index is 669. The Kier molecular flexibility index (Phi) is 4.03. The van der Waals surface area contributed by atoms with E-state index in [1.54, 1.807) is 13.0 Å². The Morgan fingerprint density at radius 3 is 2.70 bits per heavy atom. The number of aromatic nitrogens is 3. The topological polar surface area (TPSA) is 50.8 Å². The van der Waals surface area contributed by atoms with Crippen LogP contribution in [0.15, 0.2) is 24.5 Å². The Hall–Kier alpha value is -1.96. The first-order valence-corrected chi connectivity index (χ1v) is 6.07. The minimum atomic E-state index is -4.59. The number of alkyl halides is 3. The van der Waals surface area contributed by atoms with Gasteiger partial charge in [-0.3, -0.25) is 4.98 Å². The van der Waals surface area contributed by atoms with Crippen LogP contribution >= 0.6 is 12.2 Å². The third-order valence-electron chi connectivity index (χ3n) is 2.35. The van der Waals surface area contributed by atoms with E-state index in [1.807, 2.05) is 0 Å². The molecule has 0 aliphatic heterocycles. The number of halogens is 3. The minimum absolute atomic E-state index is 0.145. The minimum Gasteiger partial charge on any atom is -0.492 e. The molecule has 1 N–H and O–H groups in total. The molecule has 0 unspecified atom stereocenters. The number of H-pyrrole nitrogens is 1. The lowest BCUT2D eigenvalue weighted by atomic mass is 10.2. The maximum Gasteiger partial charge on any atom is 0.449 e. The average molecular weight is 301 g/mol. The summed E-state index contributed by atoms with van der Waals surface area (Å²) in [6.07, 6.45) is -1.69. The summed E-state index contributed by atoms with van der Waals surface area (Å²) in [7, 11) is 0. The van der Waals surface area contributed by atoms with E-state index in [1.165, 1.54) is 18.5 Å². The maximum atomic E-state index is 12.7. The molecule has 8 heteroatoms. The molecule has 0 spiro atoms. The van der Waals surface area contributed by atoms with Crippen molar-refractivity contribution in [2.24, 2.45) is 0 Å². The van der Waals surface area contributed by atoms with Gasteiger partial charge in [-0.15, -0.1) is 0 Å². The first-order valence-electron chi connectivity index (χ1n) is 5.67.